The summed E-state index contributed by atoms with van der Waals surface area (Å²) in [6, 6.07) is 13.5. The Morgan fingerprint density at radius 1 is 0.571 bits per heavy atom. The van der Waals surface area contributed by atoms with Gasteiger partial charge in [-0.25, -0.2) is 0 Å². The van der Waals surface area contributed by atoms with Crippen molar-refractivity contribution in [3.05, 3.63) is 48.5 Å². The van der Waals surface area contributed by atoms with Crippen LogP contribution in [-0.2, 0) is 0 Å². The summed E-state index contributed by atoms with van der Waals surface area (Å²) >= 11 is 0. The lowest BCUT2D eigenvalue weighted by Gasteiger charge is -2.07. The largest absolute Gasteiger partial charge is 0.508 e. The molecular formula is C17H20O4. The number of phenols is 2. The van der Waals surface area contributed by atoms with Crippen LogP contribution < -0.4 is 9.47 Å². The summed E-state index contributed by atoms with van der Waals surface area (Å²) in [5, 5.41) is 18.3. The fourth-order valence-corrected chi connectivity index (χ4v) is 1.85. The topological polar surface area (TPSA) is 58.9 Å². The monoisotopic (exact) mass is 288 g/mol. The molecule has 0 amide bonds. The van der Waals surface area contributed by atoms with Crippen molar-refractivity contribution in [1.82, 2.24) is 0 Å². The molecule has 0 unspecified atom stereocenters. The summed E-state index contributed by atoms with van der Waals surface area (Å²) in [5.41, 5.74) is 0. The lowest BCUT2D eigenvalue weighted by molar-refractivity contribution is 0.279. The van der Waals surface area contributed by atoms with Crippen LogP contribution in [0.25, 0.3) is 0 Å². The third-order valence-corrected chi connectivity index (χ3v) is 3.00. The van der Waals surface area contributed by atoms with Gasteiger partial charge in [0.25, 0.3) is 0 Å². The third-order valence-electron chi connectivity index (χ3n) is 3.00. The minimum absolute atomic E-state index is 0.244. The van der Waals surface area contributed by atoms with Gasteiger partial charge in [-0.1, -0.05) is 0 Å². The molecule has 21 heavy (non-hydrogen) atoms. The maximum absolute atomic E-state index is 9.15. The van der Waals surface area contributed by atoms with Gasteiger partial charge in [-0.05, 0) is 67.8 Å². The zero-order valence-corrected chi connectivity index (χ0v) is 11.9. The van der Waals surface area contributed by atoms with Gasteiger partial charge in [-0.2, -0.15) is 0 Å². The number of benzene rings is 2. The van der Waals surface area contributed by atoms with E-state index in [0.717, 1.165) is 30.8 Å². The van der Waals surface area contributed by atoms with E-state index in [1.54, 1.807) is 48.5 Å². The van der Waals surface area contributed by atoms with Crippen molar-refractivity contribution >= 4 is 0 Å². The van der Waals surface area contributed by atoms with Crippen molar-refractivity contribution in [2.45, 2.75) is 19.3 Å². The second-order valence-corrected chi connectivity index (χ2v) is 4.75. The van der Waals surface area contributed by atoms with E-state index in [2.05, 4.69) is 0 Å². The molecule has 0 aliphatic heterocycles. The molecule has 2 aromatic carbocycles. The van der Waals surface area contributed by atoms with Crippen LogP contribution in [0.4, 0.5) is 0 Å². The highest BCUT2D eigenvalue weighted by Gasteiger charge is 1.96. The average Bonchev–Trinajstić information content (AvgIpc) is 2.50. The quantitative estimate of drug-likeness (QED) is 0.727. The lowest BCUT2D eigenvalue weighted by atomic mass is 10.2. The normalized spacial score (nSPS) is 10.3. The molecule has 2 N–H and O–H groups in total. The highest BCUT2D eigenvalue weighted by molar-refractivity contribution is 5.30. The molecule has 4 heteroatoms. The van der Waals surface area contributed by atoms with E-state index >= 15 is 0 Å². The van der Waals surface area contributed by atoms with Gasteiger partial charge in [0.15, 0.2) is 0 Å². The SMILES string of the molecule is Oc1ccc(OCCCCCOc2ccc(O)cc2)cc1. The Morgan fingerprint density at radius 2 is 0.952 bits per heavy atom. The van der Waals surface area contributed by atoms with E-state index in [4.69, 9.17) is 19.7 Å². The van der Waals surface area contributed by atoms with E-state index in [1.807, 2.05) is 0 Å². The first kappa shape index (κ1) is 15.0. The average molecular weight is 288 g/mol. The van der Waals surface area contributed by atoms with Crippen LogP contribution >= 0.6 is 0 Å². The number of unbranched alkanes of at least 4 members (excludes halogenated alkanes) is 2. The Balaban J connectivity index is 1.52. The maximum Gasteiger partial charge on any atom is 0.119 e. The summed E-state index contributed by atoms with van der Waals surface area (Å²) in [6.45, 7) is 1.31. The summed E-state index contributed by atoms with van der Waals surface area (Å²) < 4.78 is 11.1. The molecule has 112 valence electrons. The van der Waals surface area contributed by atoms with Crippen molar-refractivity contribution in [3.63, 3.8) is 0 Å². The fourth-order valence-electron chi connectivity index (χ4n) is 1.85. The molecule has 2 aromatic rings. The minimum atomic E-state index is 0.244. The molecule has 2 rings (SSSR count). The number of hydrogen-bond acceptors (Lipinski definition) is 4. The van der Waals surface area contributed by atoms with Crippen LogP contribution in [0.1, 0.15) is 19.3 Å². The molecular weight excluding hydrogens is 268 g/mol. The number of hydrogen-bond donors (Lipinski definition) is 2. The Morgan fingerprint density at radius 3 is 1.33 bits per heavy atom. The van der Waals surface area contributed by atoms with Crippen molar-refractivity contribution in [1.29, 1.82) is 0 Å². The Hall–Kier alpha value is -2.36. The van der Waals surface area contributed by atoms with Gasteiger partial charge in [0.05, 0.1) is 13.2 Å². The second kappa shape index (κ2) is 8.04. The van der Waals surface area contributed by atoms with Gasteiger partial charge < -0.3 is 19.7 Å². The van der Waals surface area contributed by atoms with Crippen LogP contribution in [0.3, 0.4) is 0 Å². The van der Waals surface area contributed by atoms with Gasteiger partial charge in [0, 0.05) is 0 Å². The van der Waals surface area contributed by atoms with Gasteiger partial charge in [-0.15, -0.1) is 0 Å². The zero-order valence-electron chi connectivity index (χ0n) is 11.9. The first-order valence-corrected chi connectivity index (χ1v) is 7.08. The van der Waals surface area contributed by atoms with E-state index in [0.29, 0.717) is 13.2 Å². The molecule has 4 nitrogen and oxygen atoms in total. The van der Waals surface area contributed by atoms with Crippen LogP contribution in [-0.4, -0.2) is 23.4 Å². The highest BCUT2D eigenvalue weighted by atomic mass is 16.5. The van der Waals surface area contributed by atoms with Gasteiger partial charge in [0.2, 0.25) is 0 Å². The van der Waals surface area contributed by atoms with Crippen molar-refractivity contribution < 1.29 is 19.7 Å². The third kappa shape index (κ3) is 5.65. The first-order valence-electron chi connectivity index (χ1n) is 7.08. The summed E-state index contributed by atoms with van der Waals surface area (Å²) in [5.74, 6) is 2.03. The maximum atomic E-state index is 9.15. The van der Waals surface area contributed by atoms with E-state index < -0.39 is 0 Å². The molecule has 0 aromatic heterocycles. The molecule has 0 fully saturated rings. The lowest BCUT2D eigenvalue weighted by Crippen LogP contribution is -2.00. The predicted molar refractivity (Wildman–Crippen MR) is 81.1 cm³/mol. The summed E-state index contributed by atoms with van der Waals surface area (Å²) in [6.07, 6.45) is 2.94. The molecule has 0 saturated heterocycles. The van der Waals surface area contributed by atoms with Crippen molar-refractivity contribution in [2.75, 3.05) is 13.2 Å². The van der Waals surface area contributed by atoms with Crippen LogP contribution in [0.2, 0.25) is 0 Å². The van der Waals surface area contributed by atoms with Crippen molar-refractivity contribution in [2.24, 2.45) is 0 Å². The van der Waals surface area contributed by atoms with Crippen molar-refractivity contribution in [3.8, 4) is 23.0 Å². The number of rotatable bonds is 8. The molecule has 0 aliphatic rings. The van der Waals surface area contributed by atoms with Gasteiger partial charge in [-0.3, -0.25) is 0 Å². The van der Waals surface area contributed by atoms with E-state index in [-0.39, 0.29) is 11.5 Å². The van der Waals surface area contributed by atoms with Crippen LogP contribution in [0, 0.1) is 0 Å². The Labute approximate surface area is 124 Å². The second-order valence-electron chi connectivity index (χ2n) is 4.75. The molecule has 0 spiro atoms. The van der Waals surface area contributed by atoms with Crippen LogP contribution in [0.5, 0.6) is 23.0 Å². The molecule has 0 radical (unpaired) electrons. The fraction of sp³-hybridized carbons (Fsp3) is 0.294. The minimum Gasteiger partial charge on any atom is -0.508 e. The van der Waals surface area contributed by atoms with E-state index in [9.17, 15) is 0 Å². The molecule has 0 saturated carbocycles. The Kier molecular flexibility index (Phi) is 5.76. The summed E-state index contributed by atoms with van der Waals surface area (Å²) in [7, 11) is 0. The summed E-state index contributed by atoms with van der Waals surface area (Å²) in [4.78, 5) is 0. The number of ether oxygens (including phenoxy) is 2. The smallest absolute Gasteiger partial charge is 0.119 e. The van der Waals surface area contributed by atoms with Gasteiger partial charge in [0.1, 0.15) is 23.0 Å². The Bertz CT molecular complexity index is 470. The number of aromatic hydroxyl groups is 2. The first-order chi connectivity index (χ1) is 10.2. The molecule has 0 bridgehead atoms. The standard InChI is InChI=1S/C17H20O4/c18-14-4-8-16(9-5-14)20-12-2-1-3-13-21-17-10-6-15(19)7-11-17/h4-11,18-19H,1-3,12-13H2. The molecule has 0 aliphatic carbocycles. The van der Waals surface area contributed by atoms with Gasteiger partial charge >= 0.3 is 0 Å². The highest BCUT2D eigenvalue weighted by Crippen LogP contribution is 2.17. The predicted octanol–water partition coefficient (Wildman–Crippen LogP) is 3.73. The molecule has 0 atom stereocenters. The number of phenolic OH excluding ortho intramolecular Hbond substituents is 2. The van der Waals surface area contributed by atoms with Crippen LogP contribution in [0.15, 0.2) is 48.5 Å². The molecule has 0 heterocycles. The zero-order chi connectivity index (χ0) is 14.9. The van der Waals surface area contributed by atoms with E-state index in [1.165, 1.54) is 0 Å².